The van der Waals surface area contributed by atoms with E-state index >= 15 is 0 Å². The van der Waals surface area contributed by atoms with Crippen molar-refractivity contribution in [1.29, 1.82) is 0 Å². The third-order valence-corrected chi connectivity index (χ3v) is 6.13. The number of aromatic nitrogens is 1. The second-order valence-corrected chi connectivity index (χ2v) is 8.50. The average Bonchev–Trinajstić information content (AvgIpc) is 2.92. The van der Waals surface area contributed by atoms with Crippen LogP contribution in [0.1, 0.15) is 32.0 Å². The molecule has 0 spiro atoms. The van der Waals surface area contributed by atoms with Gasteiger partial charge in [0.25, 0.3) is 5.91 Å². The number of hydrogen-bond donors (Lipinski definition) is 2. The highest BCUT2D eigenvalue weighted by Gasteiger charge is 2.20. The first-order valence-electron chi connectivity index (χ1n) is 11.7. The van der Waals surface area contributed by atoms with Crippen molar-refractivity contribution >= 4 is 17.6 Å². The standard InChI is InChI=1S/C29H25N3O4/c33-28(31-18-23-5-3-4-14-30-23)22-12-13-26-27(17-22)36-16-15-32(26)19-20-8-10-21(11-9-20)24-6-1-2-7-25(24)29(34)35/h1-14,17H,15-16,18-19H2,(H,31,33)(H,34,35). The normalized spacial score (nSPS) is 12.4. The number of rotatable bonds is 7. The van der Waals surface area contributed by atoms with Crippen molar-refractivity contribution in [2.45, 2.75) is 13.1 Å². The molecule has 0 saturated heterocycles. The van der Waals surface area contributed by atoms with Crippen molar-refractivity contribution in [2.75, 3.05) is 18.1 Å². The number of pyridine rings is 1. The fourth-order valence-electron chi connectivity index (χ4n) is 4.29. The predicted molar refractivity (Wildman–Crippen MR) is 137 cm³/mol. The first kappa shape index (κ1) is 23.1. The fraction of sp³-hybridized carbons (Fsp3) is 0.138. The van der Waals surface area contributed by atoms with Gasteiger partial charge in [0, 0.05) is 18.3 Å². The van der Waals surface area contributed by atoms with Crippen LogP contribution < -0.4 is 15.0 Å². The summed E-state index contributed by atoms with van der Waals surface area (Å²) in [6.45, 7) is 2.27. The molecule has 7 nitrogen and oxygen atoms in total. The molecule has 5 rings (SSSR count). The number of carboxylic acid groups (broad SMARTS) is 1. The van der Waals surface area contributed by atoms with Gasteiger partial charge in [-0.15, -0.1) is 0 Å². The molecule has 0 radical (unpaired) electrons. The minimum atomic E-state index is -0.940. The minimum absolute atomic E-state index is 0.179. The number of carboxylic acids is 1. The van der Waals surface area contributed by atoms with Gasteiger partial charge in [0.1, 0.15) is 12.4 Å². The molecule has 180 valence electrons. The Balaban J connectivity index is 1.28. The second-order valence-electron chi connectivity index (χ2n) is 8.50. The summed E-state index contributed by atoms with van der Waals surface area (Å²) in [7, 11) is 0. The summed E-state index contributed by atoms with van der Waals surface area (Å²) in [4.78, 5) is 30.7. The number of nitrogens with zero attached hydrogens (tertiary/aromatic N) is 2. The van der Waals surface area contributed by atoms with Crippen LogP contribution >= 0.6 is 0 Å². The van der Waals surface area contributed by atoms with Crippen LogP contribution in [0, 0.1) is 0 Å². The number of hydrogen-bond acceptors (Lipinski definition) is 5. The third kappa shape index (κ3) is 5.05. The van der Waals surface area contributed by atoms with Crippen molar-refractivity contribution < 1.29 is 19.4 Å². The Morgan fingerprint density at radius 2 is 1.78 bits per heavy atom. The van der Waals surface area contributed by atoms with Gasteiger partial charge in [0.2, 0.25) is 0 Å². The van der Waals surface area contributed by atoms with Gasteiger partial charge in [-0.05, 0) is 53.1 Å². The maximum Gasteiger partial charge on any atom is 0.336 e. The zero-order valence-corrected chi connectivity index (χ0v) is 19.6. The summed E-state index contributed by atoms with van der Waals surface area (Å²) < 4.78 is 5.87. The number of benzene rings is 3. The van der Waals surface area contributed by atoms with E-state index in [1.807, 2.05) is 60.7 Å². The number of aromatic carboxylic acids is 1. The quantitative estimate of drug-likeness (QED) is 0.397. The number of carbonyl (C=O) groups is 2. The molecule has 0 saturated carbocycles. The molecule has 1 aromatic heterocycles. The van der Waals surface area contributed by atoms with Crippen molar-refractivity contribution in [3.8, 4) is 16.9 Å². The molecule has 0 unspecified atom stereocenters. The molecule has 1 aliphatic rings. The number of carbonyl (C=O) groups excluding carboxylic acids is 1. The van der Waals surface area contributed by atoms with E-state index in [-0.39, 0.29) is 11.5 Å². The molecule has 4 aromatic rings. The van der Waals surface area contributed by atoms with Crippen LogP contribution in [-0.2, 0) is 13.1 Å². The van der Waals surface area contributed by atoms with Gasteiger partial charge in [0.15, 0.2) is 0 Å². The Labute approximate surface area is 209 Å². The van der Waals surface area contributed by atoms with Crippen molar-refractivity contribution in [3.63, 3.8) is 0 Å². The monoisotopic (exact) mass is 479 g/mol. The van der Waals surface area contributed by atoms with E-state index in [1.54, 1.807) is 30.5 Å². The van der Waals surface area contributed by atoms with Gasteiger partial charge in [-0.25, -0.2) is 4.79 Å². The fourth-order valence-corrected chi connectivity index (χ4v) is 4.29. The molecule has 0 bridgehead atoms. The average molecular weight is 480 g/mol. The van der Waals surface area contributed by atoms with Crippen LogP contribution in [0.15, 0.2) is 91.1 Å². The number of fused-ring (bicyclic) bond motifs is 1. The zero-order valence-electron chi connectivity index (χ0n) is 19.6. The highest BCUT2D eigenvalue weighted by molar-refractivity contribution is 5.96. The van der Waals surface area contributed by atoms with E-state index in [4.69, 9.17) is 4.74 Å². The lowest BCUT2D eigenvalue weighted by atomic mass is 9.98. The van der Waals surface area contributed by atoms with Crippen LogP contribution in [0.5, 0.6) is 5.75 Å². The van der Waals surface area contributed by atoms with Crippen molar-refractivity contribution in [2.24, 2.45) is 0 Å². The molecular formula is C29H25N3O4. The Morgan fingerprint density at radius 1 is 0.972 bits per heavy atom. The molecule has 1 amide bonds. The summed E-state index contributed by atoms with van der Waals surface area (Å²) in [5, 5.41) is 12.4. The topological polar surface area (TPSA) is 91.8 Å². The Kier molecular flexibility index (Phi) is 6.62. The van der Waals surface area contributed by atoms with E-state index in [1.165, 1.54) is 0 Å². The van der Waals surface area contributed by atoms with Gasteiger partial charge in [-0.2, -0.15) is 0 Å². The first-order chi connectivity index (χ1) is 17.6. The van der Waals surface area contributed by atoms with Gasteiger partial charge in [0.05, 0.1) is 30.0 Å². The molecule has 7 heteroatoms. The third-order valence-electron chi connectivity index (χ3n) is 6.13. The van der Waals surface area contributed by atoms with Gasteiger partial charge in [-0.3, -0.25) is 9.78 Å². The lowest BCUT2D eigenvalue weighted by Crippen LogP contribution is -2.32. The SMILES string of the molecule is O=C(NCc1ccccn1)c1ccc2c(c1)OCCN2Cc1ccc(-c2ccccc2C(=O)O)cc1. The maximum atomic E-state index is 12.6. The zero-order chi connectivity index (χ0) is 24.9. The molecule has 1 aliphatic heterocycles. The molecule has 2 N–H and O–H groups in total. The van der Waals surface area contributed by atoms with E-state index in [0.29, 0.717) is 36.6 Å². The van der Waals surface area contributed by atoms with Gasteiger partial charge < -0.3 is 20.1 Å². The lowest BCUT2D eigenvalue weighted by molar-refractivity contribution is 0.0697. The van der Waals surface area contributed by atoms with Gasteiger partial charge >= 0.3 is 5.97 Å². The summed E-state index contributed by atoms with van der Waals surface area (Å²) in [5.41, 5.74) is 5.20. The molecule has 0 atom stereocenters. The van der Waals surface area contributed by atoms with Gasteiger partial charge in [-0.1, -0.05) is 48.5 Å². The highest BCUT2D eigenvalue weighted by Crippen LogP contribution is 2.34. The van der Waals surface area contributed by atoms with E-state index in [2.05, 4.69) is 15.2 Å². The molecule has 0 fully saturated rings. The van der Waals surface area contributed by atoms with Crippen LogP contribution in [0.4, 0.5) is 5.69 Å². The molecule has 0 aliphatic carbocycles. The van der Waals surface area contributed by atoms with Crippen LogP contribution in [0.2, 0.25) is 0 Å². The number of ether oxygens (including phenoxy) is 1. The Bertz CT molecular complexity index is 1390. The van der Waals surface area contributed by atoms with Crippen molar-refractivity contribution in [3.05, 3.63) is 114 Å². The summed E-state index contributed by atoms with van der Waals surface area (Å²) in [6.07, 6.45) is 1.70. The van der Waals surface area contributed by atoms with Crippen LogP contribution in [0.25, 0.3) is 11.1 Å². The van der Waals surface area contributed by atoms with E-state index < -0.39 is 5.97 Å². The Morgan fingerprint density at radius 3 is 2.56 bits per heavy atom. The largest absolute Gasteiger partial charge is 0.490 e. The smallest absolute Gasteiger partial charge is 0.336 e. The molecular weight excluding hydrogens is 454 g/mol. The van der Waals surface area contributed by atoms with Crippen LogP contribution in [-0.4, -0.2) is 35.1 Å². The van der Waals surface area contributed by atoms with E-state index in [9.17, 15) is 14.7 Å². The first-order valence-corrected chi connectivity index (χ1v) is 11.7. The molecule has 36 heavy (non-hydrogen) atoms. The predicted octanol–water partition coefficient (Wildman–Crippen LogP) is 4.78. The second kappa shape index (κ2) is 10.3. The minimum Gasteiger partial charge on any atom is -0.490 e. The summed E-state index contributed by atoms with van der Waals surface area (Å²) in [6, 6.07) is 26.0. The number of anilines is 1. The van der Waals surface area contributed by atoms with E-state index in [0.717, 1.165) is 29.1 Å². The lowest BCUT2D eigenvalue weighted by Gasteiger charge is -2.31. The Hall–Kier alpha value is -4.65. The maximum absolute atomic E-state index is 12.6. The van der Waals surface area contributed by atoms with Crippen molar-refractivity contribution in [1.82, 2.24) is 10.3 Å². The summed E-state index contributed by atoms with van der Waals surface area (Å²) in [5.74, 6) is -0.440. The molecule has 3 aromatic carbocycles. The molecule has 2 heterocycles. The summed E-state index contributed by atoms with van der Waals surface area (Å²) >= 11 is 0. The van der Waals surface area contributed by atoms with Crippen LogP contribution in [0.3, 0.4) is 0 Å². The number of amides is 1. The number of nitrogens with one attached hydrogen (secondary N) is 1. The highest BCUT2D eigenvalue weighted by atomic mass is 16.5.